The summed E-state index contributed by atoms with van der Waals surface area (Å²) in [6, 6.07) is 15.0. The summed E-state index contributed by atoms with van der Waals surface area (Å²) in [6.07, 6.45) is 0.433. The molecule has 2 aromatic carbocycles. The summed E-state index contributed by atoms with van der Waals surface area (Å²) in [5.74, 6) is -1.51. The molecule has 0 atom stereocenters. The highest BCUT2D eigenvalue weighted by Gasteiger charge is 2.43. The number of halogens is 1. The number of carbonyl (C=O) groups is 2. The van der Waals surface area contributed by atoms with E-state index in [2.05, 4.69) is 10.3 Å². The van der Waals surface area contributed by atoms with Gasteiger partial charge in [-0.05, 0) is 36.1 Å². The largest absolute Gasteiger partial charge is 0.501 e. The van der Waals surface area contributed by atoms with E-state index in [9.17, 15) is 23.9 Å². The first kappa shape index (κ1) is 26.4. The first-order chi connectivity index (χ1) is 18.9. The number of rotatable bonds is 5. The van der Waals surface area contributed by atoms with Gasteiger partial charge in [0.25, 0.3) is 11.5 Å². The molecule has 1 spiro atoms. The molecule has 2 aliphatic rings. The third kappa shape index (κ3) is 5.63. The zero-order valence-electron chi connectivity index (χ0n) is 21.3. The summed E-state index contributed by atoms with van der Waals surface area (Å²) < 4.78 is 25.9. The third-order valence-electron chi connectivity index (χ3n) is 7.22. The molecule has 1 fully saturated rings. The van der Waals surface area contributed by atoms with Gasteiger partial charge >= 0.3 is 6.09 Å². The van der Waals surface area contributed by atoms with Gasteiger partial charge in [-0.25, -0.2) is 14.2 Å². The van der Waals surface area contributed by atoms with Crippen molar-refractivity contribution in [1.82, 2.24) is 19.8 Å². The maximum Gasteiger partial charge on any atom is 0.410 e. The molecule has 3 aromatic rings. The summed E-state index contributed by atoms with van der Waals surface area (Å²) in [7, 11) is 0. The Morgan fingerprint density at radius 3 is 2.49 bits per heavy atom. The molecule has 39 heavy (non-hydrogen) atoms. The molecule has 0 bridgehead atoms. The average molecular weight is 537 g/mol. The van der Waals surface area contributed by atoms with E-state index in [-0.39, 0.29) is 38.6 Å². The predicted octanol–water partition coefficient (Wildman–Crippen LogP) is 2.72. The van der Waals surface area contributed by atoms with Crippen molar-refractivity contribution < 1.29 is 28.6 Å². The van der Waals surface area contributed by atoms with E-state index >= 15 is 0 Å². The van der Waals surface area contributed by atoms with Crippen LogP contribution < -0.4 is 10.9 Å². The van der Waals surface area contributed by atoms with Gasteiger partial charge in [0.2, 0.25) is 5.75 Å². The van der Waals surface area contributed by atoms with Gasteiger partial charge in [-0.15, -0.1) is 0 Å². The Labute approximate surface area is 224 Å². The molecule has 5 rings (SSSR count). The van der Waals surface area contributed by atoms with Crippen LogP contribution in [0.4, 0.5) is 9.18 Å². The highest BCUT2D eigenvalue weighted by molar-refractivity contribution is 5.94. The summed E-state index contributed by atoms with van der Waals surface area (Å²) >= 11 is 0. The molecule has 10 nitrogen and oxygen atoms in total. The second-order valence-electron chi connectivity index (χ2n) is 9.76. The fourth-order valence-electron chi connectivity index (χ4n) is 4.97. The monoisotopic (exact) mass is 536 g/mol. The first-order valence-electron chi connectivity index (χ1n) is 12.8. The lowest BCUT2D eigenvalue weighted by Gasteiger charge is -2.40. The van der Waals surface area contributed by atoms with Gasteiger partial charge in [0.05, 0.1) is 25.2 Å². The van der Waals surface area contributed by atoms with Crippen LogP contribution in [0.1, 0.15) is 40.3 Å². The van der Waals surface area contributed by atoms with E-state index in [0.29, 0.717) is 37.3 Å². The fourth-order valence-corrected chi connectivity index (χ4v) is 4.97. The van der Waals surface area contributed by atoms with E-state index in [1.165, 1.54) is 28.8 Å². The Bertz CT molecular complexity index is 1400. The van der Waals surface area contributed by atoms with Crippen LogP contribution in [0, 0.1) is 5.82 Å². The topological polar surface area (TPSA) is 123 Å². The number of nitrogens with one attached hydrogen (secondary N) is 1. The number of hydrogen-bond donors (Lipinski definition) is 2. The van der Waals surface area contributed by atoms with Crippen molar-refractivity contribution in [2.45, 2.75) is 38.0 Å². The van der Waals surface area contributed by atoms with Crippen molar-refractivity contribution in [3.05, 3.63) is 93.4 Å². The Kier molecular flexibility index (Phi) is 7.60. The van der Waals surface area contributed by atoms with Crippen LogP contribution in [-0.4, -0.2) is 57.9 Å². The molecule has 0 unspecified atom stereocenters. The molecular formula is C28H29FN4O6. The molecule has 204 valence electrons. The minimum atomic E-state index is -0.741. The van der Waals surface area contributed by atoms with Gasteiger partial charge in [0, 0.05) is 19.6 Å². The number of hydrogen-bond acceptors (Lipinski definition) is 7. The number of benzene rings is 2. The zero-order valence-corrected chi connectivity index (χ0v) is 21.3. The average Bonchev–Trinajstić information content (AvgIpc) is 3.13. The molecule has 11 heteroatoms. The lowest BCUT2D eigenvalue weighted by atomic mass is 9.78. The normalized spacial score (nSPS) is 16.3. The fraction of sp³-hybridized carbons (Fsp3) is 0.357. The van der Waals surface area contributed by atoms with E-state index in [1.807, 2.05) is 30.3 Å². The van der Waals surface area contributed by atoms with Crippen molar-refractivity contribution in [3.63, 3.8) is 0 Å². The molecule has 2 N–H and O–H groups in total. The van der Waals surface area contributed by atoms with Crippen LogP contribution in [0.2, 0.25) is 0 Å². The van der Waals surface area contributed by atoms with Crippen LogP contribution in [0.25, 0.3) is 0 Å². The van der Waals surface area contributed by atoms with E-state index in [1.54, 1.807) is 4.90 Å². The van der Waals surface area contributed by atoms with E-state index in [0.717, 1.165) is 5.56 Å². The number of aromatic hydroxyl groups is 1. The molecule has 0 saturated carbocycles. The summed E-state index contributed by atoms with van der Waals surface area (Å²) in [4.78, 5) is 44.9. The first-order valence-corrected chi connectivity index (χ1v) is 12.8. The van der Waals surface area contributed by atoms with Gasteiger partial charge in [-0.2, -0.15) is 0 Å². The molecule has 2 aliphatic heterocycles. The predicted molar refractivity (Wildman–Crippen MR) is 138 cm³/mol. The van der Waals surface area contributed by atoms with Crippen LogP contribution in [-0.2, 0) is 34.6 Å². The number of aromatic nitrogens is 2. The lowest BCUT2D eigenvalue weighted by molar-refractivity contribution is 0.0410. The Hall–Kier alpha value is -4.25. The maximum absolute atomic E-state index is 13.2. The number of fused-ring (bicyclic) bond motifs is 2. The number of carbonyl (C=O) groups excluding carboxylic acids is 2. The van der Waals surface area contributed by atoms with Gasteiger partial charge in [-0.3, -0.25) is 14.2 Å². The molecule has 3 heterocycles. The molecule has 1 aromatic heterocycles. The SMILES string of the molecule is O=C(NCc1ccc(F)cc1)c1nc2n(c(=O)c1O)CCOCC21CCN(C(=O)OCc2ccccc2)CC1. The van der Waals surface area contributed by atoms with E-state index in [4.69, 9.17) is 9.47 Å². The highest BCUT2D eigenvalue weighted by Crippen LogP contribution is 2.36. The number of amides is 2. The summed E-state index contributed by atoms with van der Waals surface area (Å²) in [5, 5.41) is 13.2. The van der Waals surface area contributed by atoms with Crippen molar-refractivity contribution in [2.75, 3.05) is 26.3 Å². The number of ether oxygens (including phenoxy) is 2. The van der Waals surface area contributed by atoms with Gasteiger partial charge in [-0.1, -0.05) is 42.5 Å². The summed E-state index contributed by atoms with van der Waals surface area (Å²) in [5.41, 5.74) is -0.294. The van der Waals surface area contributed by atoms with Crippen molar-refractivity contribution >= 4 is 12.0 Å². The Morgan fingerprint density at radius 2 is 1.77 bits per heavy atom. The van der Waals surface area contributed by atoms with Crippen LogP contribution in [0.3, 0.4) is 0 Å². The number of likely N-dealkylation sites (tertiary alicyclic amines) is 1. The molecular weight excluding hydrogens is 507 g/mol. The number of piperidine rings is 1. The van der Waals surface area contributed by atoms with Crippen molar-refractivity contribution in [3.8, 4) is 5.75 Å². The van der Waals surface area contributed by atoms with Gasteiger partial charge in [0.15, 0.2) is 5.69 Å². The zero-order chi connectivity index (χ0) is 27.4. The summed E-state index contributed by atoms with van der Waals surface area (Å²) in [6.45, 7) is 1.60. The van der Waals surface area contributed by atoms with Gasteiger partial charge in [0.1, 0.15) is 18.2 Å². The lowest BCUT2D eigenvalue weighted by Crippen LogP contribution is -2.49. The molecule has 0 aliphatic carbocycles. The van der Waals surface area contributed by atoms with Crippen LogP contribution in [0.5, 0.6) is 5.75 Å². The van der Waals surface area contributed by atoms with Crippen LogP contribution >= 0.6 is 0 Å². The smallest absolute Gasteiger partial charge is 0.410 e. The minimum Gasteiger partial charge on any atom is -0.501 e. The standard InChI is InChI=1S/C28H29FN4O6/c29-21-8-6-19(7-9-21)16-30-24(35)22-23(34)25(36)33-14-15-38-18-28(26(33)31-22)10-12-32(13-11-28)27(37)39-17-20-4-2-1-3-5-20/h1-9,34H,10-18H2,(H,30,35). The second kappa shape index (κ2) is 11.2. The number of nitrogens with zero attached hydrogens (tertiary/aromatic N) is 3. The Morgan fingerprint density at radius 1 is 1.05 bits per heavy atom. The van der Waals surface area contributed by atoms with Gasteiger partial charge < -0.3 is 24.8 Å². The maximum atomic E-state index is 13.2. The molecule has 1 saturated heterocycles. The highest BCUT2D eigenvalue weighted by atomic mass is 19.1. The van der Waals surface area contributed by atoms with Crippen LogP contribution in [0.15, 0.2) is 59.4 Å². The molecule has 0 radical (unpaired) electrons. The van der Waals surface area contributed by atoms with E-state index < -0.39 is 34.5 Å². The third-order valence-corrected chi connectivity index (χ3v) is 7.22. The van der Waals surface area contributed by atoms with Crippen molar-refractivity contribution in [2.24, 2.45) is 0 Å². The Balaban J connectivity index is 1.33. The second-order valence-corrected chi connectivity index (χ2v) is 9.76. The quantitative estimate of drug-likeness (QED) is 0.514. The van der Waals surface area contributed by atoms with Crippen molar-refractivity contribution in [1.29, 1.82) is 0 Å². The minimum absolute atomic E-state index is 0.0625. The molecule has 2 amide bonds.